The third-order valence-electron chi connectivity index (χ3n) is 11.9. The fourth-order valence-corrected chi connectivity index (χ4v) is 9.80. The Morgan fingerprint density at radius 1 is 1.22 bits per heavy atom. The molecule has 0 unspecified atom stereocenters. The van der Waals surface area contributed by atoms with E-state index in [0.717, 1.165) is 44.1 Å². The first-order valence-electron chi connectivity index (χ1n) is 14.1. The molecule has 6 aliphatic rings. The number of fused-ring (bicyclic) bond motifs is 4. The molecule has 3 saturated carbocycles. The monoisotopic (exact) mass is 512 g/mol. The minimum atomic E-state index is -0.792. The fourth-order valence-electron chi connectivity index (χ4n) is 9.80. The summed E-state index contributed by atoms with van der Waals surface area (Å²) in [5, 5.41) is 10.9. The summed E-state index contributed by atoms with van der Waals surface area (Å²) in [6.45, 7) is 9.89. The molecule has 4 aliphatic carbocycles. The van der Waals surface area contributed by atoms with Crippen molar-refractivity contribution in [3.63, 3.8) is 0 Å². The summed E-state index contributed by atoms with van der Waals surface area (Å²) in [4.78, 5) is 38.0. The standard InChI is InChI=1S/C30H40O7/c1-15-12-23(36-27(34)16(15)2)17(3)20-6-7-22-19-13-26-30(37-26)25(33)9-8-24(32)28(30,5)21(19)10-11-29(20,22)14-35-18(4)31/h8-9,17,19-23,25-26,33H,6-7,10-14H2,1-5H3/t17-,19+,20+,21-,22-,23+,25-,26+,28-,29+,30+/m0/s1. The van der Waals surface area contributed by atoms with Crippen LogP contribution in [0.3, 0.4) is 0 Å². The summed E-state index contributed by atoms with van der Waals surface area (Å²) >= 11 is 0. The van der Waals surface area contributed by atoms with Crippen molar-refractivity contribution in [1.29, 1.82) is 0 Å². The minimum Gasteiger partial charge on any atom is -0.465 e. The second-order valence-electron chi connectivity index (χ2n) is 13.0. The minimum absolute atomic E-state index is 0.0668. The summed E-state index contributed by atoms with van der Waals surface area (Å²) in [5.74, 6) is 0.591. The van der Waals surface area contributed by atoms with Crippen LogP contribution in [0.2, 0.25) is 0 Å². The number of carbonyl (C=O) groups excluding carboxylic acids is 3. The van der Waals surface area contributed by atoms with Crippen LogP contribution < -0.4 is 0 Å². The van der Waals surface area contributed by atoms with Crippen LogP contribution in [-0.4, -0.2) is 53.3 Å². The number of allylic oxidation sites excluding steroid dienone is 1. The molecule has 0 radical (unpaired) electrons. The van der Waals surface area contributed by atoms with Gasteiger partial charge in [0, 0.05) is 24.3 Å². The molecule has 0 bridgehead atoms. The molecule has 0 aromatic carbocycles. The number of ether oxygens (including phenoxy) is 3. The second-order valence-corrected chi connectivity index (χ2v) is 13.0. The predicted octanol–water partition coefficient (Wildman–Crippen LogP) is 3.92. The zero-order chi connectivity index (χ0) is 26.5. The van der Waals surface area contributed by atoms with Crippen LogP contribution in [0.1, 0.15) is 73.1 Å². The molecule has 1 spiro atoms. The summed E-state index contributed by atoms with van der Waals surface area (Å²) in [5.41, 5.74) is 0.0360. The SMILES string of the molecule is CC(=O)OC[C@@]12CC[C@H]3[C@@H](C[C@H]4O[C@]45[C@@H](O)C=CC(=O)[C@]35C)[C@@H]1CC[C@@H]2[C@H](C)[C@H]1CC(C)=C(C)C(=O)O1. The largest absolute Gasteiger partial charge is 0.465 e. The lowest BCUT2D eigenvalue weighted by atomic mass is 9.44. The number of aliphatic hydroxyl groups is 1. The van der Waals surface area contributed by atoms with E-state index in [1.165, 1.54) is 6.92 Å². The Morgan fingerprint density at radius 2 is 1.97 bits per heavy atom. The molecule has 7 nitrogen and oxygen atoms in total. The molecule has 1 N–H and O–H groups in total. The van der Waals surface area contributed by atoms with Crippen LogP contribution in [0, 0.1) is 40.4 Å². The van der Waals surface area contributed by atoms with Crippen molar-refractivity contribution in [2.75, 3.05) is 6.61 Å². The molecule has 2 heterocycles. The summed E-state index contributed by atoms with van der Waals surface area (Å²) in [6, 6.07) is 0. The molecule has 2 aliphatic heterocycles. The van der Waals surface area contributed by atoms with E-state index in [-0.39, 0.29) is 64.9 Å². The van der Waals surface area contributed by atoms with Crippen molar-refractivity contribution in [2.45, 2.75) is 97.1 Å². The van der Waals surface area contributed by atoms with Gasteiger partial charge in [-0.05, 0) is 94.6 Å². The Balaban J connectivity index is 1.34. The average Bonchev–Trinajstić information content (AvgIpc) is 3.48. The van der Waals surface area contributed by atoms with E-state index in [1.54, 1.807) is 12.2 Å². The first-order valence-corrected chi connectivity index (χ1v) is 14.1. The number of esters is 2. The summed E-state index contributed by atoms with van der Waals surface area (Å²) in [7, 11) is 0. The highest BCUT2D eigenvalue weighted by molar-refractivity contribution is 5.98. The number of hydrogen-bond donors (Lipinski definition) is 1. The second kappa shape index (κ2) is 8.25. The molecule has 1 saturated heterocycles. The maximum absolute atomic E-state index is 13.4. The van der Waals surface area contributed by atoms with Crippen molar-refractivity contribution >= 4 is 17.7 Å². The van der Waals surface area contributed by atoms with Crippen molar-refractivity contribution in [3.05, 3.63) is 23.3 Å². The molecule has 0 aromatic rings. The highest BCUT2D eigenvalue weighted by Gasteiger charge is 2.80. The summed E-state index contributed by atoms with van der Waals surface area (Å²) < 4.78 is 18.0. The van der Waals surface area contributed by atoms with Crippen LogP contribution in [0.15, 0.2) is 23.3 Å². The molecule has 6 rings (SSSR count). The normalized spacial score (nSPS) is 48.9. The van der Waals surface area contributed by atoms with Crippen molar-refractivity contribution in [3.8, 4) is 0 Å². The third-order valence-corrected chi connectivity index (χ3v) is 11.9. The summed E-state index contributed by atoms with van der Waals surface area (Å²) in [6.07, 6.45) is 7.32. The lowest BCUT2D eigenvalue weighted by molar-refractivity contribution is -0.167. The van der Waals surface area contributed by atoms with Gasteiger partial charge in [-0.25, -0.2) is 4.79 Å². The van der Waals surface area contributed by atoms with Gasteiger partial charge in [0.2, 0.25) is 0 Å². The molecular weight excluding hydrogens is 472 g/mol. The Hall–Kier alpha value is -1.99. The number of rotatable bonds is 4. The predicted molar refractivity (Wildman–Crippen MR) is 134 cm³/mol. The lowest BCUT2D eigenvalue weighted by Crippen LogP contribution is -2.64. The van der Waals surface area contributed by atoms with Gasteiger partial charge in [0.05, 0.1) is 18.1 Å². The van der Waals surface area contributed by atoms with Gasteiger partial charge >= 0.3 is 11.9 Å². The first-order chi connectivity index (χ1) is 17.5. The van der Waals surface area contributed by atoms with E-state index >= 15 is 0 Å². The van der Waals surface area contributed by atoms with Gasteiger partial charge in [-0.3, -0.25) is 9.59 Å². The smallest absolute Gasteiger partial charge is 0.333 e. The number of epoxide rings is 1. The number of aliphatic hydroxyl groups excluding tert-OH is 1. The van der Waals surface area contributed by atoms with E-state index in [4.69, 9.17) is 14.2 Å². The maximum atomic E-state index is 13.4. The first kappa shape index (κ1) is 25.3. The van der Waals surface area contributed by atoms with Crippen molar-refractivity contribution in [1.82, 2.24) is 0 Å². The highest BCUT2D eigenvalue weighted by atomic mass is 16.6. The van der Waals surface area contributed by atoms with Crippen molar-refractivity contribution < 1.29 is 33.7 Å². The van der Waals surface area contributed by atoms with E-state index in [9.17, 15) is 19.5 Å². The Kier molecular flexibility index (Phi) is 5.64. The van der Waals surface area contributed by atoms with E-state index in [1.807, 2.05) is 20.8 Å². The number of hydrogen-bond acceptors (Lipinski definition) is 7. The zero-order valence-electron chi connectivity index (χ0n) is 22.6. The Labute approximate surface area is 219 Å². The maximum Gasteiger partial charge on any atom is 0.333 e. The lowest BCUT2D eigenvalue weighted by Gasteiger charge is -2.58. The number of ketones is 1. The van der Waals surface area contributed by atoms with E-state index in [0.29, 0.717) is 12.2 Å². The number of cyclic esters (lactones) is 1. The molecule has 0 amide bonds. The van der Waals surface area contributed by atoms with Crippen molar-refractivity contribution in [2.24, 2.45) is 40.4 Å². The molecule has 11 atom stereocenters. The molecule has 0 aromatic heterocycles. The van der Waals surface area contributed by atoms with Gasteiger partial charge < -0.3 is 19.3 Å². The van der Waals surface area contributed by atoms with Gasteiger partial charge in [0.1, 0.15) is 17.8 Å². The Morgan fingerprint density at radius 3 is 2.68 bits per heavy atom. The molecule has 4 fully saturated rings. The molecule has 7 heteroatoms. The Bertz CT molecular complexity index is 1110. The molecular formula is C30H40O7. The van der Waals surface area contributed by atoms with Gasteiger partial charge in [0.25, 0.3) is 0 Å². The van der Waals surface area contributed by atoms with Gasteiger partial charge in [-0.15, -0.1) is 0 Å². The van der Waals surface area contributed by atoms with E-state index < -0.39 is 17.1 Å². The molecule has 202 valence electrons. The molecule has 37 heavy (non-hydrogen) atoms. The zero-order valence-corrected chi connectivity index (χ0v) is 22.6. The van der Waals surface area contributed by atoms with Crippen LogP contribution in [0.4, 0.5) is 0 Å². The highest BCUT2D eigenvalue weighted by Crippen LogP contribution is 2.73. The van der Waals surface area contributed by atoms with Crippen LogP contribution >= 0.6 is 0 Å². The average molecular weight is 513 g/mol. The van der Waals surface area contributed by atoms with Crippen LogP contribution in [0.25, 0.3) is 0 Å². The van der Waals surface area contributed by atoms with Gasteiger partial charge in [-0.2, -0.15) is 0 Å². The van der Waals surface area contributed by atoms with Gasteiger partial charge in [0.15, 0.2) is 5.78 Å². The number of carbonyl (C=O) groups is 3. The van der Waals surface area contributed by atoms with Crippen LogP contribution in [0.5, 0.6) is 0 Å². The van der Waals surface area contributed by atoms with Gasteiger partial charge in [-0.1, -0.05) is 12.5 Å². The van der Waals surface area contributed by atoms with E-state index in [2.05, 4.69) is 6.92 Å². The fraction of sp³-hybridized carbons (Fsp3) is 0.767. The third kappa shape index (κ3) is 3.22. The quantitative estimate of drug-likeness (QED) is 0.450. The topological polar surface area (TPSA) is 102 Å². The van der Waals surface area contributed by atoms with Crippen LogP contribution in [-0.2, 0) is 28.6 Å².